The Bertz CT molecular complexity index is 1050. The molecule has 0 aliphatic heterocycles. The van der Waals surface area contributed by atoms with Crippen LogP contribution in [0, 0.1) is 0 Å². The van der Waals surface area contributed by atoms with Gasteiger partial charge in [-0.25, -0.2) is 17.8 Å². The van der Waals surface area contributed by atoms with Crippen molar-refractivity contribution in [1.82, 2.24) is 20.0 Å². The SMILES string of the molecule is CCOC(=O)CNC(=O)C(CS(=O)(=O)CCOP(=O)(N(CCCl)CCCl)N(CCCl)CCCl)NC(=O)CC[C@H](N)C(=O)OCC. The van der Waals surface area contributed by atoms with E-state index < -0.39 is 78.0 Å². The van der Waals surface area contributed by atoms with Gasteiger partial charge in [0.2, 0.25) is 11.8 Å². The second-order valence-corrected chi connectivity index (χ2v) is 15.3. The first-order valence-corrected chi connectivity index (χ1v) is 19.6. The van der Waals surface area contributed by atoms with Crippen molar-refractivity contribution in [3.05, 3.63) is 0 Å². The lowest BCUT2D eigenvalue weighted by molar-refractivity contribution is -0.145. The maximum atomic E-state index is 14.1. The van der Waals surface area contributed by atoms with Gasteiger partial charge in [0, 0.05) is 56.1 Å². The van der Waals surface area contributed by atoms with Crippen LogP contribution in [0.3, 0.4) is 0 Å². The molecular formula is C24H44Cl4N5O10PS. The van der Waals surface area contributed by atoms with Crippen LogP contribution in [0.15, 0.2) is 0 Å². The summed E-state index contributed by atoms with van der Waals surface area (Å²) in [5.74, 6) is -4.56. The zero-order chi connectivity index (χ0) is 34.5. The van der Waals surface area contributed by atoms with Gasteiger partial charge in [0.05, 0.1) is 31.3 Å². The van der Waals surface area contributed by atoms with Crippen LogP contribution in [0.2, 0.25) is 0 Å². The molecule has 0 aromatic carbocycles. The monoisotopic (exact) mass is 765 g/mol. The number of hydrogen-bond donors (Lipinski definition) is 3. The van der Waals surface area contributed by atoms with Gasteiger partial charge in [0.15, 0.2) is 9.84 Å². The molecule has 0 aromatic rings. The Morgan fingerprint density at radius 2 is 1.40 bits per heavy atom. The van der Waals surface area contributed by atoms with Crippen molar-refractivity contribution in [3.8, 4) is 0 Å². The van der Waals surface area contributed by atoms with Gasteiger partial charge in [-0.15, -0.1) is 46.4 Å². The number of halogens is 4. The van der Waals surface area contributed by atoms with E-state index in [1.54, 1.807) is 13.8 Å². The van der Waals surface area contributed by atoms with Gasteiger partial charge in [-0.05, 0) is 20.3 Å². The fraction of sp³-hybridized carbons (Fsp3) is 0.833. The predicted molar refractivity (Wildman–Crippen MR) is 174 cm³/mol. The number of sulfone groups is 1. The Balaban J connectivity index is 5.82. The van der Waals surface area contributed by atoms with E-state index in [4.69, 9.17) is 66.1 Å². The highest BCUT2D eigenvalue weighted by molar-refractivity contribution is 7.91. The summed E-state index contributed by atoms with van der Waals surface area (Å²) >= 11 is 23.6. The number of alkyl halides is 4. The van der Waals surface area contributed by atoms with Gasteiger partial charge in [-0.3, -0.25) is 23.7 Å². The smallest absolute Gasteiger partial charge is 0.346 e. The zero-order valence-corrected chi connectivity index (χ0v) is 30.1. The molecule has 0 aliphatic carbocycles. The van der Waals surface area contributed by atoms with E-state index in [9.17, 15) is 32.2 Å². The quantitative estimate of drug-likeness (QED) is 0.0638. The molecular weight excluding hydrogens is 723 g/mol. The maximum Gasteiger partial charge on any atom is 0.346 e. The fourth-order valence-corrected chi connectivity index (χ4v) is 8.76. The molecule has 2 atom stereocenters. The van der Waals surface area contributed by atoms with Crippen molar-refractivity contribution < 1.29 is 46.2 Å². The first-order valence-electron chi connectivity index (χ1n) is 14.1. The molecule has 0 saturated heterocycles. The molecule has 2 amide bonds. The van der Waals surface area contributed by atoms with Crippen LogP contribution < -0.4 is 16.4 Å². The number of nitrogens with one attached hydrogen (secondary N) is 2. The Kier molecular flexibility index (Phi) is 23.7. The third kappa shape index (κ3) is 17.7. The molecule has 0 radical (unpaired) electrons. The standard InChI is InChI=1S/C24H44Cl4N5O10PS/c1-3-41-22(35)17-30-23(36)20(31-21(34)6-5-19(29)24(37)42-4-2)18-45(39,40)16-15-43-44(38,32(11-7-25)12-8-26)33(13-9-27)14-10-28/h19-20H,3-18,29H2,1-2H3,(H,30,36)(H,31,34)/t19-,20?/m0/s1. The molecule has 0 fully saturated rings. The summed E-state index contributed by atoms with van der Waals surface area (Å²) in [6, 6.07) is -2.76. The number of rotatable bonds is 26. The second-order valence-electron chi connectivity index (χ2n) is 9.14. The third-order valence-electron chi connectivity index (χ3n) is 5.80. The number of ether oxygens (including phenoxy) is 2. The number of carbonyl (C=O) groups excluding carboxylic acids is 4. The van der Waals surface area contributed by atoms with Crippen LogP contribution in [0.5, 0.6) is 0 Å². The summed E-state index contributed by atoms with van der Waals surface area (Å²) in [5, 5.41) is 4.54. The molecule has 0 rings (SSSR count). The van der Waals surface area contributed by atoms with E-state index in [0.29, 0.717) is 0 Å². The van der Waals surface area contributed by atoms with Crippen LogP contribution in [-0.2, 0) is 47.6 Å². The minimum Gasteiger partial charge on any atom is -0.465 e. The molecule has 264 valence electrons. The lowest BCUT2D eigenvalue weighted by atomic mass is 10.1. The van der Waals surface area contributed by atoms with E-state index in [-0.39, 0.29) is 75.8 Å². The molecule has 21 heteroatoms. The summed E-state index contributed by atoms with van der Waals surface area (Å²) in [6.07, 6.45) is -0.470. The van der Waals surface area contributed by atoms with Gasteiger partial charge >= 0.3 is 19.6 Å². The topological polar surface area (TPSA) is 204 Å². The summed E-state index contributed by atoms with van der Waals surface area (Å²) in [4.78, 5) is 48.9. The van der Waals surface area contributed by atoms with E-state index in [0.717, 1.165) is 0 Å². The minimum absolute atomic E-state index is 0.0499. The average molecular weight is 767 g/mol. The van der Waals surface area contributed by atoms with Crippen LogP contribution >= 0.6 is 54.1 Å². The zero-order valence-electron chi connectivity index (χ0n) is 25.4. The Hall–Kier alpha value is -0.940. The van der Waals surface area contributed by atoms with E-state index in [1.807, 2.05) is 0 Å². The first kappa shape index (κ1) is 44.1. The molecule has 1 unspecified atom stereocenters. The fourth-order valence-electron chi connectivity index (χ4n) is 3.68. The van der Waals surface area contributed by atoms with Gasteiger partial charge < -0.3 is 30.4 Å². The highest BCUT2D eigenvalue weighted by Crippen LogP contribution is 2.54. The van der Waals surface area contributed by atoms with E-state index in [1.165, 1.54) is 9.34 Å². The van der Waals surface area contributed by atoms with Crippen molar-refractivity contribution in [2.24, 2.45) is 5.73 Å². The highest BCUT2D eigenvalue weighted by Gasteiger charge is 2.38. The van der Waals surface area contributed by atoms with Gasteiger partial charge in [0.1, 0.15) is 18.6 Å². The summed E-state index contributed by atoms with van der Waals surface area (Å²) in [6.45, 7) is 2.57. The van der Waals surface area contributed by atoms with Crippen LogP contribution in [0.25, 0.3) is 0 Å². The van der Waals surface area contributed by atoms with Crippen molar-refractivity contribution >= 4 is 87.7 Å². The number of amides is 2. The predicted octanol–water partition coefficient (Wildman–Crippen LogP) is 0.920. The summed E-state index contributed by atoms with van der Waals surface area (Å²) < 4.78 is 58.5. The Morgan fingerprint density at radius 1 is 0.889 bits per heavy atom. The van der Waals surface area contributed by atoms with Gasteiger partial charge in [-0.2, -0.15) is 0 Å². The lowest BCUT2D eigenvalue weighted by Crippen LogP contribution is -2.52. The summed E-state index contributed by atoms with van der Waals surface area (Å²) in [5.41, 5.74) is 5.71. The van der Waals surface area contributed by atoms with Crippen molar-refractivity contribution in [2.75, 3.05) is 87.6 Å². The Labute approximate surface area is 284 Å². The van der Waals surface area contributed by atoms with Gasteiger partial charge in [0.25, 0.3) is 0 Å². The molecule has 0 heterocycles. The second kappa shape index (κ2) is 24.2. The van der Waals surface area contributed by atoms with Crippen molar-refractivity contribution in [2.45, 2.75) is 38.8 Å². The largest absolute Gasteiger partial charge is 0.465 e. The van der Waals surface area contributed by atoms with Crippen molar-refractivity contribution in [3.63, 3.8) is 0 Å². The molecule has 0 aromatic heterocycles. The lowest BCUT2D eigenvalue weighted by Gasteiger charge is -2.37. The average Bonchev–Trinajstić information content (AvgIpc) is 2.98. The molecule has 45 heavy (non-hydrogen) atoms. The maximum absolute atomic E-state index is 14.1. The van der Waals surface area contributed by atoms with E-state index in [2.05, 4.69) is 10.6 Å². The number of nitrogens with zero attached hydrogens (tertiary/aromatic N) is 2. The number of esters is 2. The van der Waals surface area contributed by atoms with Crippen LogP contribution in [0.1, 0.15) is 26.7 Å². The molecule has 0 saturated carbocycles. The number of nitrogens with two attached hydrogens (primary N) is 1. The Morgan fingerprint density at radius 3 is 1.87 bits per heavy atom. The first-order chi connectivity index (χ1) is 21.2. The van der Waals surface area contributed by atoms with Crippen LogP contribution in [-0.4, -0.2) is 141 Å². The normalized spacial score (nSPS) is 13.4. The molecule has 0 aliphatic rings. The van der Waals surface area contributed by atoms with Gasteiger partial charge in [-0.1, -0.05) is 0 Å². The third-order valence-corrected chi connectivity index (χ3v) is 10.9. The number of hydrogen-bond acceptors (Lipinski definition) is 11. The molecule has 0 bridgehead atoms. The number of carbonyl (C=O) groups is 4. The highest BCUT2D eigenvalue weighted by atomic mass is 35.5. The van der Waals surface area contributed by atoms with E-state index >= 15 is 0 Å². The molecule has 15 nitrogen and oxygen atoms in total. The summed E-state index contributed by atoms with van der Waals surface area (Å²) in [7, 11) is -8.09. The minimum atomic E-state index is -4.17. The van der Waals surface area contributed by atoms with Crippen LogP contribution in [0.4, 0.5) is 0 Å². The molecule has 4 N–H and O–H groups in total. The molecule has 0 spiro atoms. The van der Waals surface area contributed by atoms with Crippen molar-refractivity contribution in [1.29, 1.82) is 0 Å².